The molecule has 0 saturated heterocycles. The number of fused-ring (bicyclic) bond motifs is 1. The monoisotopic (exact) mass is 526 g/mol. The van der Waals surface area contributed by atoms with Crippen LogP contribution < -0.4 is 10.6 Å². The van der Waals surface area contributed by atoms with Gasteiger partial charge in [-0.15, -0.1) is 22.7 Å². The number of pyridine rings is 1. The van der Waals surface area contributed by atoms with Crippen molar-refractivity contribution in [3.05, 3.63) is 46.0 Å². The molecular formula is C25H30N6O3S2. The van der Waals surface area contributed by atoms with Crippen LogP contribution in [0.15, 0.2) is 29.8 Å². The van der Waals surface area contributed by atoms with E-state index >= 15 is 0 Å². The van der Waals surface area contributed by atoms with Gasteiger partial charge in [-0.1, -0.05) is 6.07 Å². The molecule has 36 heavy (non-hydrogen) atoms. The molecule has 0 spiro atoms. The zero-order chi connectivity index (χ0) is 25.6. The van der Waals surface area contributed by atoms with Crippen molar-refractivity contribution < 1.29 is 15.3 Å². The molecule has 4 aromatic heterocycles. The average molecular weight is 527 g/mol. The van der Waals surface area contributed by atoms with Gasteiger partial charge in [0.2, 0.25) is 5.95 Å². The van der Waals surface area contributed by atoms with Crippen LogP contribution in [-0.4, -0.2) is 59.1 Å². The molecule has 11 heteroatoms. The Hall–Kier alpha value is -2.70. The number of aromatic nitrogens is 4. The highest BCUT2D eigenvalue weighted by atomic mass is 32.1. The van der Waals surface area contributed by atoms with E-state index in [-0.39, 0.29) is 0 Å². The Kier molecular flexibility index (Phi) is 6.69. The van der Waals surface area contributed by atoms with Gasteiger partial charge in [0, 0.05) is 17.0 Å². The molecule has 0 amide bonds. The van der Waals surface area contributed by atoms with Crippen molar-refractivity contribution in [2.75, 3.05) is 10.6 Å². The first kappa shape index (κ1) is 25.0. The summed E-state index contributed by atoms with van der Waals surface area (Å²) in [6, 6.07) is 5.48. The molecule has 4 atom stereocenters. The third-order valence-corrected chi connectivity index (χ3v) is 8.62. The summed E-state index contributed by atoms with van der Waals surface area (Å²) in [5, 5.41) is 41.4. The van der Waals surface area contributed by atoms with Gasteiger partial charge in [-0.05, 0) is 51.6 Å². The van der Waals surface area contributed by atoms with E-state index in [2.05, 4.69) is 15.6 Å². The quantitative estimate of drug-likeness (QED) is 0.244. The predicted octanol–water partition coefficient (Wildman–Crippen LogP) is 3.73. The van der Waals surface area contributed by atoms with Crippen molar-refractivity contribution in [2.45, 2.75) is 64.5 Å². The van der Waals surface area contributed by atoms with Crippen LogP contribution in [0.25, 0.3) is 20.8 Å². The number of nitrogens with zero attached hydrogens (tertiary/aromatic N) is 4. The largest absolute Gasteiger partial charge is 0.390 e. The third-order valence-electron chi connectivity index (χ3n) is 6.71. The molecule has 0 bridgehead atoms. The fourth-order valence-corrected chi connectivity index (χ4v) is 6.49. The summed E-state index contributed by atoms with van der Waals surface area (Å²) in [7, 11) is 0. The normalized spacial score (nSPS) is 22.3. The van der Waals surface area contributed by atoms with Crippen molar-refractivity contribution in [1.82, 2.24) is 19.9 Å². The lowest BCUT2D eigenvalue weighted by Crippen LogP contribution is -2.40. The van der Waals surface area contributed by atoms with Crippen LogP contribution in [0.5, 0.6) is 0 Å². The summed E-state index contributed by atoms with van der Waals surface area (Å²) in [6.45, 7) is 7.74. The smallest absolute Gasteiger partial charge is 0.225 e. The topological polar surface area (TPSA) is 136 Å². The Bertz CT molecular complexity index is 1370. The van der Waals surface area contributed by atoms with Crippen LogP contribution in [-0.2, 0) is 6.54 Å². The van der Waals surface area contributed by atoms with Crippen LogP contribution in [0, 0.1) is 19.8 Å². The number of anilines is 2. The van der Waals surface area contributed by atoms with Crippen LogP contribution in [0.1, 0.15) is 36.5 Å². The molecule has 0 aromatic carbocycles. The van der Waals surface area contributed by atoms with Gasteiger partial charge < -0.3 is 26.0 Å². The molecule has 0 aliphatic heterocycles. The molecule has 4 heterocycles. The summed E-state index contributed by atoms with van der Waals surface area (Å²) in [5.74, 6) is 0.496. The molecule has 1 fully saturated rings. The Balaban J connectivity index is 1.54. The highest BCUT2D eigenvalue weighted by Crippen LogP contribution is 2.40. The first-order valence-corrected chi connectivity index (χ1v) is 13.5. The number of hydrogen-bond donors (Lipinski definition) is 5. The van der Waals surface area contributed by atoms with Gasteiger partial charge in [-0.3, -0.25) is 4.98 Å². The van der Waals surface area contributed by atoms with Gasteiger partial charge in [0.25, 0.3) is 0 Å². The van der Waals surface area contributed by atoms with Crippen LogP contribution in [0.2, 0.25) is 0 Å². The third kappa shape index (κ3) is 4.81. The van der Waals surface area contributed by atoms with Crippen molar-refractivity contribution in [3.8, 4) is 10.6 Å². The Morgan fingerprint density at radius 2 is 1.89 bits per heavy atom. The summed E-state index contributed by atoms with van der Waals surface area (Å²) >= 11 is 3.18. The number of aryl methyl sites for hydroxylation is 2. The van der Waals surface area contributed by atoms with E-state index in [1.807, 2.05) is 37.4 Å². The van der Waals surface area contributed by atoms with E-state index in [0.29, 0.717) is 24.7 Å². The van der Waals surface area contributed by atoms with Crippen molar-refractivity contribution in [3.63, 3.8) is 0 Å². The Morgan fingerprint density at radius 3 is 2.56 bits per heavy atom. The lowest BCUT2D eigenvalue weighted by atomic mass is 9.88. The molecule has 9 nitrogen and oxygen atoms in total. The summed E-state index contributed by atoms with van der Waals surface area (Å²) in [4.78, 5) is 19.9. The second-order valence-corrected chi connectivity index (χ2v) is 11.8. The Morgan fingerprint density at radius 1 is 1.08 bits per heavy atom. The molecule has 5 rings (SSSR count). The minimum absolute atomic E-state index is 0.384. The highest BCUT2D eigenvalue weighted by molar-refractivity contribution is 7.21. The number of rotatable bonds is 7. The zero-order valence-corrected chi connectivity index (χ0v) is 22.2. The maximum absolute atomic E-state index is 10.8. The maximum atomic E-state index is 10.8. The molecular weight excluding hydrogens is 496 g/mol. The fourth-order valence-electron chi connectivity index (χ4n) is 4.74. The van der Waals surface area contributed by atoms with Crippen LogP contribution in [0.3, 0.4) is 0 Å². The number of aliphatic hydroxyl groups is 3. The lowest BCUT2D eigenvalue weighted by Gasteiger charge is -2.28. The summed E-state index contributed by atoms with van der Waals surface area (Å²) in [6.07, 6.45) is 0.0393. The zero-order valence-electron chi connectivity index (χ0n) is 20.6. The van der Waals surface area contributed by atoms with E-state index in [1.165, 1.54) is 11.3 Å². The van der Waals surface area contributed by atoms with Gasteiger partial charge in [0.1, 0.15) is 22.4 Å². The molecule has 1 saturated carbocycles. The van der Waals surface area contributed by atoms with E-state index in [9.17, 15) is 15.3 Å². The van der Waals surface area contributed by atoms with Gasteiger partial charge in [-0.2, -0.15) is 4.98 Å². The molecule has 0 radical (unpaired) electrons. The van der Waals surface area contributed by atoms with Crippen molar-refractivity contribution >= 4 is 44.7 Å². The highest BCUT2D eigenvalue weighted by Gasteiger charge is 2.48. The average Bonchev–Trinajstić information content (AvgIpc) is 3.54. The molecule has 1 aliphatic carbocycles. The first-order chi connectivity index (χ1) is 17.1. The van der Waals surface area contributed by atoms with E-state index < -0.39 is 29.8 Å². The maximum Gasteiger partial charge on any atom is 0.225 e. The summed E-state index contributed by atoms with van der Waals surface area (Å²) < 4.78 is 1.01. The lowest BCUT2D eigenvalue weighted by molar-refractivity contribution is -0.0601. The van der Waals surface area contributed by atoms with Crippen LogP contribution >= 0.6 is 22.7 Å². The first-order valence-electron chi connectivity index (χ1n) is 11.8. The van der Waals surface area contributed by atoms with Gasteiger partial charge in [-0.25, -0.2) is 9.97 Å². The second-order valence-electron chi connectivity index (χ2n) is 9.78. The van der Waals surface area contributed by atoms with Crippen molar-refractivity contribution in [2.24, 2.45) is 5.92 Å². The van der Waals surface area contributed by atoms with E-state index in [0.717, 1.165) is 37.1 Å². The Labute approximate surface area is 217 Å². The molecule has 0 unspecified atom stereocenters. The minimum Gasteiger partial charge on any atom is -0.390 e. The summed E-state index contributed by atoms with van der Waals surface area (Å²) in [5.41, 5.74) is 2.02. The standard InChI is InChI=1S/C25H30N6O3S2/c1-12-18(23-30-19-13(2)26-8-7-17(19)36-23)22(31-24(28-12)27-11-14-6-5-9-35-14)29-16-10-15(25(3,4)34)20(32)21(16)33/h5-9,15-16,20-21,32-34H,10-11H2,1-4H3,(H2,27,28,29,31)/t15-,16+,20+,21-/m0/s1. The van der Waals surface area contributed by atoms with E-state index in [4.69, 9.17) is 15.0 Å². The number of hydrogen-bond acceptors (Lipinski definition) is 11. The molecule has 4 aromatic rings. The second kappa shape index (κ2) is 9.64. The number of aliphatic hydroxyl groups excluding tert-OH is 2. The molecule has 5 N–H and O–H groups in total. The number of nitrogens with one attached hydrogen (secondary N) is 2. The molecule has 190 valence electrons. The van der Waals surface area contributed by atoms with Gasteiger partial charge >= 0.3 is 0 Å². The molecule has 1 aliphatic rings. The van der Waals surface area contributed by atoms with Gasteiger partial charge in [0.15, 0.2) is 0 Å². The van der Waals surface area contributed by atoms with Gasteiger partial charge in [0.05, 0.1) is 45.9 Å². The van der Waals surface area contributed by atoms with Crippen LogP contribution in [0.4, 0.5) is 11.8 Å². The predicted molar refractivity (Wildman–Crippen MR) is 143 cm³/mol. The minimum atomic E-state index is -1.13. The van der Waals surface area contributed by atoms with Crippen molar-refractivity contribution in [1.29, 1.82) is 0 Å². The number of thiazole rings is 1. The van der Waals surface area contributed by atoms with E-state index in [1.54, 1.807) is 31.4 Å². The number of thiophene rings is 1. The SMILES string of the molecule is Cc1nc(NCc2cccs2)nc(N[C@@H]2C[C@H](C(C)(C)O)[C@@H](O)[C@H]2O)c1-c1nc2c(C)nccc2s1. The fraction of sp³-hybridized carbons (Fsp3) is 0.440.